The molecule has 27 heavy (non-hydrogen) atoms. The van der Waals surface area contributed by atoms with E-state index in [0.717, 1.165) is 10.5 Å². The Morgan fingerprint density at radius 2 is 1.85 bits per heavy atom. The number of fused-ring (bicyclic) bond motifs is 2. The molecule has 2 heterocycles. The first-order valence-corrected chi connectivity index (χ1v) is 9.34. The molecule has 0 bridgehead atoms. The summed E-state index contributed by atoms with van der Waals surface area (Å²) in [4.78, 5) is 32.5. The van der Waals surface area contributed by atoms with Crippen molar-refractivity contribution in [2.75, 3.05) is 16.8 Å². The predicted octanol–water partition coefficient (Wildman–Crippen LogP) is 4.14. The van der Waals surface area contributed by atoms with E-state index in [1.807, 2.05) is 55.5 Å². The van der Waals surface area contributed by atoms with E-state index in [4.69, 9.17) is 0 Å². The summed E-state index contributed by atoms with van der Waals surface area (Å²) in [6.07, 6.45) is 1.67. The maximum Gasteiger partial charge on any atom is 0.261 e. The first kappa shape index (κ1) is 17.3. The smallest absolute Gasteiger partial charge is 0.261 e. The lowest BCUT2D eigenvalue weighted by Crippen LogP contribution is -2.38. The van der Waals surface area contributed by atoms with E-state index in [-0.39, 0.29) is 18.4 Å². The van der Waals surface area contributed by atoms with Gasteiger partial charge in [-0.3, -0.25) is 14.5 Å². The van der Waals surface area contributed by atoms with Crippen molar-refractivity contribution in [3.05, 3.63) is 78.0 Å². The molecule has 2 aromatic carbocycles. The first-order chi connectivity index (χ1) is 13.1. The molecule has 4 rings (SSSR count). The third-order valence-electron chi connectivity index (χ3n) is 4.25. The van der Waals surface area contributed by atoms with Crippen LogP contribution in [-0.2, 0) is 4.79 Å². The van der Waals surface area contributed by atoms with Gasteiger partial charge in [0.25, 0.3) is 5.91 Å². The van der Waals surface area contributed by atoms with Crippen LogP contribution in [0.15, 0.2) is 76.8 Å². The summed E-state index contributed by atoms with van der Waals surface area (Å²) in [5.74, 6) is -0.478. The minimum Gasteiger partial charge on any atom is -0.325 e. The monoisotopic (exact) mass is 375 g/mol. The maximum absolute atomic E-state index is 13.1. The number of anilines is 2. The number of hydrogen-bond donors (Lipinski definition) is 1. The molecule has 1 aromatic heterocycles. The number of para-hydroxylation sites is 1. The zero-order valence-corrected chi connectivity index (χ0v) is 15.5. The summed E-state index contributed by atoms with van der Waals surface area (Å²) < 4.78 is 0. The second-order valence-corrected chi connectivity index (χ2v) is 7.26. The predicted molar refractivity (Wildman–Crippen MR) is 106 cm³/mol. The second kappa shape index (κ2) is 7.25. The van der Waals surface area contributed by atoms with E-state index in [0.29, 0.717) is 22.0 Å². The molecule has 1 aliphatic heterocycles. The van der Waals surface area contributed by atoms with Gasteiger partial charge in [-0.2, -0.15) is 0 Å². The number of pyridine rings is 1. The lowest BCUT2D eigenvalue weighted by Gasteiger charge is -2.22. The minimum atomic E-state index is -0.251. The zero-order chi connectivity index (χ0) is 18.8. The number of rotatable bonds is 3. The van der Waals surface area contributed by atoms with Gasteiger partial charge in [-0.1, -0.05) is 41.6 Å². The van der Waals surface area contributed by atoms with Crippen molar-refractivity contribution >= 4 is 35.0 Å². The van der Waals surface area contributed by atoms with Crippen LogP contribution < -0.4 is 10.2 Å². The second-order valence-electron chi connectivity index (χ2n) is 6.23. The van der Waals surface area contributed by atoms with Crippen LogP contribution in [0.5, 0.6) is 0 Å². The number of nitrogens with one attached hydrogen (secondary N) is 1. The molecular weight excluding hydrogens is 358 g/mol. The third-order valence-corrected chi connectivity index (χ3v) is 5.33. The molecule has 3 aromatic rings. The van der Waals surface area contributed by atoms with E-state index in [1.54, 1.807) is 18.3 Å². The molecule has 1 aliphatic rings. The lowest BCUT2D eigenvalue weighted by molar-refractivity contribution is -0.114. The average molecular weight is 375 g/mol. The van der Waals surface area contributed by atoms with E-state index in [9.17, 15) is 9.59 Å². The molecule has 1 N–H and O–H groups in total. The van der Waals surface area contributed by atoms with Gasteiger partial charge < -0.3 is 5.32 Å². The van der Waals surface area contributed by atoms with E-state index >= 15 is 0 Å². The van der Waals surface area contributed by atoms with Crippen LogP contribution in [0.4, 0.5) is 11.4 Å². The largest absolute Gasteiger partial charge is 0.325 e. The lowest BCUT2D eigenvalue weighted by atomic mass is 10.2. The van der Waals surface area contributed by atoms with Crippen LogP contribution in [0, 0.1) is 6.92 Å². The fourth-order valence-electron chi connectivity index (χ4n) is 2.90. The summed E-state index contributed by atoms with van der Waals surface area (Å²) in [5, 5.41) is 3.51. The van der Waals surface area contributed by atoms with E-state index < -0.39 is 0 Å². The number of nitrogens with zero attached hydrogens (tertiary/aromatic N) is 2. The number of aryl methyl sites for hydroxylation is 1. The fraction of sp³-hybridized carbons (Fsp3) is 0.0952. The standard InChI is InChI=1S/C21H17N3O2S/c1-14-8-10-15(11-9-14)23-19(25)13-24-17-6-2-3-7-18(17)27-20-16(21(24)26)5-4-12-22-20/h2-12H,13H2,1H3,(H,23,25). The van der Waals surface area contributed by atoms with Gasteiger partial charge in [0.1, 0.15) is 11.6 Å². The summed E-state index contributed by atoms with van der Waals surface area (Å²) in [6, 6.07) is 18.6. The Kier molecular flexibility index (Phi) is 4.64. The number of amides is 2. The summed E-state index contributed by atoms with van der Waals surface area (Å²) >= 11 is 1.44. The van der Waals surface area contributed by atoms with E-state index in [1.165, 1.54) is 16.7 Å². The van der Waals surface area contributed by atoms with Gasteiger partial charge in [0.15, 0.2) is 0 Å². The van der Waals surface area contributed by atoms with Gasteiger partial charge in [0.05, 0.1) is 11.3 Å². The summed E-state index contributed by atoms with van der Waals surface area (Å²) in [5.41, 5.74) is 3.04. The van der Waals surface area contributed by atoms with Crippen molar-refractivity contribution in [1.29, 1.82) is 0 Å². The Morgan fingerprint density at radius 1 is 1.07 bits per heavy atom. The number of benzene rings is 2. The van der Waals surface area contributed by atoms with Crippen LogP contribution in [0.25, 0.3) is 0 Å². The van der Waals surface area contributed by atoms with Gasteiger partial charge in [0, 0.05) is 16.8 Å². The molecule has 0 saturated heterocycles. The van der Waals surface area contributed by atoms with Gasteiger partial charge in [0.2, 0.25) is 5.91 Å². The Balaban J connectivity index is 1.65. The fourth-order valence-corrected chi connectivity index (χ4v) is 3.91. The average Bonchev–Trinajstić information content (AvgIpc) is 2.79. The van der Waals surface area contributed by atoms with Crippen molar-refractivity contribution in [3.8, 4) is 0 Å². The highest BCUT2D eigenvalue weighted by Crippen LogP contribution is 2.39. The van der Waals surface area contributed by atoms with E-state index in [2.05, 4.69) is 10.3 Å². The summed E-state index contributed by atoms with van der Waals surface area (Å²) in [6.45, 7) is 1.92. The number of hydrogen-bond acceptors (Lipinski definition) is 4. The van der Waals surface area contributed by atoms with Crippen molar-refractivity contribution in [1.82, 2.24) is 4.98 Å². The van der Waals surface area contributed by atoms with Crippen molar-refractivity contribution in [3.63, 3.8) is 0 Å². The Morgan fingerprint density at radius 3 is 2.67 bits per heavy atom. The zero-order valence-electron chi connectivity index (χ0n) is 14.7. The van der Waals surface area contributed by atoms with Crippen LogP contribution >= 0.6 is 11.8 Å². The first-order valence-electron chi connectivity index (χ1n) is 8.52. The molecule has 0 aliphatic carbocycles. The van der Waals surface area contributed by atoms with Gasteiger partial charge >= 0.3 is 0 Å². The molecule has 0 radical (unpaired) electrons. The normalized spacial score (nSPS) is 12.8. The number of carbonyl (C=O) groups excluding carboxylic acids is 2. The Bertz CT molecular complexity index is 1020. The molecule has 5 nitrogen and oxygen atoms in total. The van der Waals surface area contributed by atoms with Gasteiger partial charge in [-0.25, -0.2) is 4.98 Å². The highest BCUT2D eigenvalue weighted by atomic mass is 32.2. The van der Waals surface area contributed by atoms with Crippen molar-refractivity contribution < 1.29 is 9.59 Å². The minimum absolute atomic E-state index is 0.0708. The van der Waals surface area contributed by atoms with Crippen LogP contribution in [0.3, 0.4) is 0 Å². The van der Waals surface area contributed by atoms with Crippen LogP contribution in [-0.4, -0.2) is 23.3 Å². The Labute approximate surface area is 161 Å². The molecule has 0 atom stereocenters. The topological polar surface area (TPSA) is 62.3 Å². The SMILES string of the molecule is Cc1ccc(NC(=O)CN2C(=O)c3cccnc3Sc3ccccc32)cc1. The van der Waals surface area contributed by atoms with Crippen LogP contribution in [0.1, 0.15) is 15.9 Å². The Hall–Kier alpha value is -3.12. The highest BCUT2D eigenvalue weighted by molar-refractivity contribution is 7.99. The van der Waals surface area contributed by atoms with Crippen LogP contribution in [0.2, 0.25) is 0 Å². The van der Waals surface area contributed by atoms with Crippen molar-refractivity contribution in [2.45, 2.75) is 16.8 Å². The number of carbonyl (C=O) groups is 2. The molecule has 0 spiro atoms. The molecule has 134 valence electrons. The molecule has 0 fully saturated rings. The summed E-state index contributed by atoms with van der Waals surface area (Å²) in [7, 11) is 0. The molecule has 0 saturated carbocycles. The molecule has 2 amide bonds. The molecule has 0 unspecified atom stereocenters. The van der Waals surface area contributed by atoms with Gasteiger partial charge in [-0.15, -0.1) is 0 Å². The molecule has 6 heteroatoms. The maximum atomic E-state index is 13.1. The van der Waals surface area contributed by atoms with Crippen molar-refractivity contribution in [2.24, 2.45) is 0 Å². The van der Waals surface area contributed by atoms with Gasteiger partial charge in [-0.05, 0) is 43.3 Å². The molecular formula is C21H17N3O2S. The third kappa shape index (κ3) is 3.57. The highest BCUT2D eigenvalue weighted by Gasteiger charge is 2.29. The number of aromatic nitrogens is 1. The quantitative estimate of drug-likeness (QED) is 0.747.